The average Bonchev–Trinajstić information content (AvgIpc) is 2.79. The van der Waals surface area contributed by atoms with E-state index < -0.39 is 22.4 Å². The lowest BCUT2D eigenvalue weighted by atomic mass is 10.1. The molecule has 12 heteroatoms. The van der Waals surface area contributed by atoms with Crippen molar-refractivity contribution in [2.45, 2.75) is 19.7 Å². The van der Waals surface area contributed by atoms with Crippen LogP contribution in [0.4, 0.5) is 28.9 Å². The van der Waals surface area contributed by atoms with Gasteiger partial charge in [0.25, 0.3) is 5.69 Å². The van der Waals surface area contributed by atoms with E-state index in [1.807, 2.05) is 22.6 Å². The van der Waals surface area contributed by atoms with Crippen LogP contribution in [0.3, 0.4) is 0 Å². The summed E-state index contributed by atoms with van der Waals surface area (Å²) in [5, 5.41) is 15.1. The predicted octanol–water partition coefficient (Wildman–Crippen LogP) is 6.78. The minimum atomic E-state index is -4.71. The number of nitrogens with zero attached hydrogens (tertiary/aromatic N) is 2. The lowest BCUT2D eigenvalue weighted by Gasteiger charge is -2.15. The number of nitrogens with one attached hydrogen (secondary N) is 1. The topological polar surface area (TPSA) is 86.0 Å². The number of anilines is 1. The SMILES string of the molecule is CCOc1cc(/C=N\Nc2ccc(C(F)(F)F)cc2[N+](=O)[O-])cc(I)c1OCc1ccc(F)cc1. The summed E-state index contributed by atoms with van der Waals surface area (Å²) in [7, 11) is 0. The molecule has 35 heavy (non-hydrogen) atoms. The molecular formula is C23H18F4IN3O4. The van der Waals surface area contributed by atoms with E-state index in [1.165, 1.54) is 18.3 Å². The summed E-state index contributed by atoms with van der Waals surface area (Å²) in [6.07, 6.45) is -3.37. The average molecular weight is 603 g/mol. The van der Waals surface area contributed by atoms with Gasteiger partial charge in [-0.25, -0.2) is 4.39 Å². The van der Waals surface area contributed by atoms with Crippen LogP contribution in [0.15, 0.2) is 59.7 Å². The Kier molecular flexibility index (Phi) is 8.48. The van der Waals surface area contributed by atoms with Crippen LogP contribution in [0.1, 0.15) is 23.6 Å². The molecular weight excluding hydrogens is 585 g/mol. The number of hydrogen-bond acceptors (Lipinski definition) is 6. The molecule has 3 aromatic carbocycles. The number of halogens is 5. The van der Waals surface area contributed by atoms with E-state index in [0.29, 0.717) is 33.3 Å². The van der Waals surface area contributed by atoms with E-state index in [2.05, 4.69) is 10.5 Å². The first-order chi connectivity index (χ1) is 16.6. The zero-order chi connectivity index (χ0) is 25.6. The van der Waals surface area contributed by atoms with Crippen LogP contribution < -0.4 is 14.9 Å². The Morgan fingerprint density at radius 3 is 2.46 bits per heavy atom. The highest BCUT2D eigenvalue weighted by Gasteiger charge is 2.33. The van der Waals surface area contributed by atoms with Crippen LogP contribution in [0.5, 0.6) is 11.5 Å². The molecule has 0 aliphatic carbocycles. The summed E-state index contributed by atoms with van der Waals surface area (Å²) < 4.78 is 63.9. The molecule has 0 atom stereocenters. The largest absolute Gasteiger partial charge is 0.490 e. The van der Waals surface area contributed by atoms with Crippen LogP contribution in [0.25, 0.3) is 0 Å². The van der Waals surface area contributed by atoms with Crippen molar-refractivity contribution in [2.75, 3.05) is 12.0 Å². The monoisotopic (exact) mass is 603 g/mol. The summed E-state index contributed by atoms with van der Waals surface area (Å²) >= 11 is 2.04. The molecule has 0 unspecified atom stereocenters. The van der Waals surface area contributed by atoms with E-state index in [-0.39, 0.29) is 18.1 Å². The molecule has 3 aromatic rings. The van der Waals surface area contributed by atoms with Crippen molar-refractivity contribution in [1.29, 1.82) is 0 Å². The fraction of sp³-hybridized carbons (Fsp3) is 0.174. The van der Waals surface area contributed by atoms with Crippen molar-refractivity contribution in [3.63, 3.8) is 0 Å². The third-order valence-corrected chi connectivity index (χ3v) is 5.35. The number of hydrazone groups is 1. The fourth-order valence-corrected chi connectivity index (χ4v) is 3.71. The first-order valence-electron chi connectivity index (χ1n) is 10.1. The van der Waals surface area contributed by atoms with E-state index in [0.717, 1.165) is 17.7 Å². The summed E-state index contributed by atoms with van der Waals surface area (Å²) in [4.78, 5) is 10.3. The van der Waals surface area contributed by atoms with Gasteiger partial charge in [0.15, 0.2) is 11.5 Å². The van der Waals surface area contributed by atoms with Gasteiger partial charge in [-0.05, 0) is 77.0 Å². The molecule has 0 saturated carbocycles. The molecule has 0 fully saturated rings. The molecule has 0 heterocycles. The standard InChI is InChI=1S/C23H18F4IN3O4/c1-2-34-21-10-15(9-18(28)22(21)35-13-14-3-6-17(24)7-4-14)12-29-30-19-8-5-16(23(25,26)27)11-20(19)31(32)33/h3-12,30H,2,13H2,1H3/b29-12-. The number of alkyl halides is 3. The molecule has 0 aliphatic rings. The third-order valence-electron chi connectivity index (χ3n) is 4.55. The van der Waals surface area contributed by atoms with E-state index in [1.54, 1.807) is 31.2 Å². The highest BCUT2D eigenvalue weighted by atomic mass is 127. The normalized spacial score (nSPS) is 11.5. The molecule has 0 saturated heterocycles. The number of nitro benzene ring substituents is 1. The van der Waals surface area contributed by atoms with Gasteiger partial charge in [-0.1, -0.05) is 12.1 Å². The first-order valence-corrected chi connectivity index (χ1v) is 11.1. The van der Waals surface area contributed by atoms with Crippen molar-refractivity contribution in [3.8, 4) is 11.5 Å². The molecule has 7 nitrogen and oxygen atoms in total. The predicted molar refractivity (Wildman–Crippen MR) is 130 cm³/mol. The lowest BCUT2D eigenvalue weighted by Crippen LogP contribution is -2.06. The van der Waals surface area contributed by atoms with Gasteiger partial charge in [-0.3, -0.25) is 15.5 Å². The van der Waals surface area contributed by atoms with Gasteiger partial charge < -0.3 is 9.47 Å². The zero-order valence-corrected chi connectivity index (χ0v) is 20.3. The van der Waals surface area contributed by atoms with Crippen LogP contribution in [-0.4, -0.2) is 17.7 Å². The minimum Gasteiger partial charge on any atom is -0.490 e. The van der Waals surface area contributed by atoms with E-state index in [9.17, 15) is 27.7 Å². The Morgan fingerprint density at radius 2 is 1.83 bits per heavy atom. The van der Waals surface area contributed by atoms with Crippen molar-refractivity contribution in [3.05, 3.63) is 90.8 Å². The van der Waals surface area contributed by atoms with Crippen LogP contribution in [0.2, 0.25) is 0 Å². The number of nitro groups is 1. The quantitative estimate of drug-likeness (QED) is 0.0959. The number of ether oxygens (including phenoxy) is 2. The maximum absolute atomic E-state index is 13.1. The smallest absolute Gasteiger partial charge is 0.416 e. The van der Waals surface area contributed by atoms with E-state index in [4.69, 9.17) is 9.47 Å². The Bertz CT molecular complexity index is 1230. The van der Waals surface area contributed by atoms with Gasteiger partial charge in [0.1, 0.15) is 18.1 Å². The van der Waals surface area contributed by atoms with Gasteiger partial charge in [0.05, 0.1) is 26.9 Å². The molecule has 0 spiro atoms. The molecule has 0 radical (unpaired) electrons. The Labute approximate surface area is 211 Å². The molecule has 0 aliphatic heterocycles. The number of rotatable bonds is 9. The van der Waals surface area contributed by atoms with Gasteiger partial charge in [0.2, 0.25) is 0 Å². The van der Waals surface area contributed by atoms with E-state index >= 15 is 0 Å². The molecule has 3 rings (SSSR count). The maximum Gasteiger partial charge on any atom is 0.416 e. The van der Waals surface area contributed by atoms with Crippen LogP contribution >= 0.6 is 22.6 Å². The Hall–Kier alpha value is -3.42. The molecule has 0 amide bonds. The summed E-state index contributed by atoms with van der Waals surface area (Å²) in [6, 6.07) is 11.4. The first kappa shape index (κ1) is 26.2. The molecule has 1 N–H and O–H groups in total. The molecule has 0 bridgehead atoms. The van der Waals surface area contributed by atoms with Crippen molar-refractivity contribution in [1.82, 2.24) is 0 Å². The highest BCUT2D eigenvalue weighted by Crippen LogP contribution is 2.36. The van der Waals surface area contributed by atoms with Gasteiger partial charge in [0, 0.05) is 6.07 Å². The van der Waals surface area contributed by atoms with Gasteiger partial charge in [-0.15, -0.1) is 0 Å². The van der Waals surface area contributed by atoms with Crippen molar-refractivity contribution >= 4 is 40.2 Å². The zero-order valence-electron chi connectivity index (χ0n) is 18.1. The second kappa shape index (κ2) is 11.3. The Balaban J connectivity index is 1.79. The van der Waals surface area contributed by atoms with Crippen molar-refractivity contribution < 1.29 is 32.0 Å². The number of hydrogen-bond donors (Lipinski definition) is 1. The van der Waals surface area contributed by atoms with Gasteiger partial charge >= 0.3 is 6.18 Å². The fourth-order valence-electron chi connectivity index (χ4n) is 2.93. The summed E-state index contributed by atoms with van der Waals surface area (Å²) in [6.45, 7) is 2.32. The maximum atomic E-state index is 13.1. The summed E-state index contributed by atoms with van der Waals surface area (Å²) in [5.41, 5.74) is 1.64. The second-order valence-corrected chi connectivity index (χ2v) is 8.20. The highest BCUT2D eigenvalue weighted by molar-refractivity contribution is 14.1. The Morgan fingerprint density at radius 1 is 1.11 bits per heavy atom. The lowest BCUT2D eigenvalue weighted by molar-refractivity contribution is -0.384. The second-order valence-electron chi connectivity index (χ2n) is 7.03. The molecule has 0 aromatic heterocycles. The minimum absolute atomic E-state index is 0.183. The third kappa shape index (κ3) is 7.04. The number of benzene rings is 3. The summed E-state index contributed by atoms with van der Waals surface area (Å²) in [5.74, 6) is 0.543. The molecule has 184 valence electrons. The van der Waals surface area contributed by atoms with Crippen LogP contribution in [0, 0.1) is 19.5 Å². The van der Waals surface area contributed by atoms with Crippen LogP contribution in [-0.2, 0) is 12.8 Å². The van der Waals surface area contributed by atoms with Gasteiger partial charge in [-0.2, -0.15) is 18.3 Å². The van der Waals surface area contributed by atoms with Crippen molar-refractivity contribution in [2.24, 2.45) is 5.10 Å².